The summed E-state index contributed by atoms with van der Waals surface area (Å²) in [6, 6.07) is 21.6. The van der Waals surface area contributed by atoms with Crippen molar-refractivity contribution >= 4 is 34.7 Å². The predicted octanol–water partition coefficient (Wildman–Crippen LogP) is 5.82. The molecule has 2 heterocycles. The van der Waals surface area contributed by atoms with Gasteiger partial charge in [-0.05, 0) is 42.0 Å². The van der Waals surface area contributed by atoms with Gasteiger partial charge in [0, 0.05) is 17.8 Å². The molecule has 1 aliphatic carbocycles. The Labute approximate surface area is 194 Å². The van der Waals surface area contributed by atoms with E-state index in [0.717, 1.165) is 34.3 Å². The van der Waals surface area contributed by atoms with E-state index in [-0.39, 0.29) is 5.91 Å². The van der Waals surface area contributed by atoms with Crippen LogP contribution in [0.4, 0.5) is 5.69 Å². The van der Waals surface area contributed by atoms with Crippen molar-refractivity contribution in [2.75, 3.05) is 12.4 Å². The van der Waals surface area contributed by atoms with Gasteiger partial charge in [-0.2, -0.15) is 0 Å². The summed E-state index contributed by atoms with van der Waals surface area (Å²) in [6.07, 6.45) is 2.21. The third-order valence-corrected chi connectivity index (χ3v) is 7.30. The number of hydrogen-bond donors (Lipinski definition) is 1. The van der Waals surface area contributed by atoms with Crippen LogP contribution in [0.3, 0.4) is 0 Å². The number of amides is 1. The highest BCUT2D eigenvalue weighted by molar-refractivity contribution is 8.00. The first-order chi connectivity index (χ1) is 15.7. The van der Waals surface area contributed by atoms with E-state index in [1.807, 2.05) is 66.0 Å². The van der Waals surface area contributed by atoms with Crippen molar-refractivity contribution in [3.63, 3.8) is 0 Å². The molecule has 6 nitrogen and oxygen atoms in total. The Kier molecular flexibility index (Phi) is 5.96. The van der Waals surface area contributed by atoms with Crippen molar-refractivity contribution in [2.24, 2.45) is 0 Å². The van der Waals surface area contributed by atoms with Gasteiger partial charge in [-0.1, -0.05) is 54.2 Å². The largest absolute Gasteiger partial charge is 0.497 e. The van der Waals surface area contributed by atoms with Gasteiger partial charge in [0.15, 0.2) is 11.0 Å². The van der Waals surface area contributed by atoms with Crippen molar-refractivity contribution in [3.8, 4) is 16.5 Å². The standard InChI is InChI=1S/C24H22N4O2S2/c1-30-19-10-5-9-17(15-19)25-23(29)21(16-7-3-2-4-8-16)32-24-27-26-22(20-11-6-14-31-20)28(24)18-12-13-18/h2-11,14-15,18,21H,12-13H2,1H3,(H,25,29)/t21-/m0/s1. The molecule has 162 valence electrons. The first kappa shape index (κ1) is 20.8. The number of nitrogens with one attached hydrogen (secondary N) is 1. The summed E-state index contributed by atoms with van der Waals surface area (Å²) >= 11 is 3.09. The highest BCUT2D eigenvalue weighted by Gasteiger charge is 2.33. The number of anilines is 1. The molecule has 0 bridgehead atoms. The maximum Gasteiger partial charge on any atom is 0.242 e. The molecule has 32 heavy (non-hydrogen) atoms. The number of ether oxygens (including phenoxy) is 1. The maximum absolute atomic E-state index is 13.4. The summed E-state index contributed by atoms with van der Waals surface area (Å²) in [5, 5.41) is 14.4. The molecule has 0 spiro atoms. The van der Waals surface area contributed by atoms with Gasteiger partial charge >= 0.3 is 0 Å². The molecule has 1 aliphatic rings. The van der Waals surface area contributed by atoms with Crippen LogP contribution in [0.2, 0.25) is 0 Å². The zero-order valence-electron chi connectivity index (χ0n) is 17.5. The average Bonchev–Trinajstić information content (AvgIpc) is 3.34. The number of nitrogens with zero attached hydrogens (tertiary/aromatic N) is 3. The topological polar surface area (TPSA) is 69.0 Å². The molecule has 1 saturated carbocycles. The van der Waals surface area contributed by atoms with Crippen LogP contribution >= 0.6 is 23.1 Å². The van der Waals surface area contributed by atoms with E-state index in [1.165, 1.54) is 11.8 Å². The average molecular weight is 463 g/mol. The Morgan fingerprint density at radius 1 is 1.12 bits per heavy atom. The molecule has 0 saturated heterocycles. The molecular formula is C24H22N4O2S2. The lowest BCUT2D eigenvalue weighted by molar-refractivity contribution is -0.115. The fraction of sp³-hybridized carbons (Fsp3) is 0.208. The third-order valence-electron chi connectivity index (χ3n) is 5.22. The minimum atomic E-state index is -0.472. The quantitative estimate of drug-likeness (QED) is 0.334. The highest BCUT2D eigenvalue weighted by Crippen LogP contribution is 2.44. The molecule has 1 amide bonds. The van der Waals surface area contributed by atoms with Gasteiger partial charge in [-0.15, -0.1) is 21.5 Å². The first-order valence-corrected chi connectivity index (χ1v) is 12.1. The highest BCUT2D eigenvalue weighted by atomic mass is 32.2. The van der Waals surface area contributed by atoms with E-state index in [4.69, 9.17) is 4.74 Å². The molecule has 1 fully saturated rings. The summed E-state index contributed by atoms with van der Waals surface area (Å²) < 4.78 is 7.49. The Bertz CT molecular complexity index is 1200. The maximum atomic E-state index is 13.4. The van der Waals surface area contributed by atoms with Gasteiger partial charge in [-0.3, -0.25) is 9.36 Å². The number of methoxy groups -OCH3 is 1. The number of hydrogen-bond acceptors (Lipinski definition) is 6. The fourth-order valence-corrected chi connectivity index (χ4v) is 5.32. The molecule has 1 N–H and O–H groups in total. The minimum Gasteiger partial charge on any atom is -0.497 e. The fourth-order valence-electron chi connectivity index (χ4n) is 3.51. The second-order valence-electron chi connectivity index (χ2n) is 7.51. The molecule has 4 aromatic rings. The lowest BCUT2D eigenvalue weighted by Gasteiger charge is -2.17. The van der Waals surface area contributed by atoms with Crippen LogP contribution in [0.5, 0.6) is 5.75 Å². The molecule has 1 atom stereocenters. The number of carbonyl (C=O) groups is 1. The van der Waals surface area contributed by atoms with Gasteiger partial charge in [0.25, 0.3) is 0 Å². The van der Waals surface area contributed by atoms with Crippen molar-refractivity contribution in [3.05, 3.63) is 77.7 Å². The summed E-state index contributed by atoms with van der Waals surface area (Å²) in [5.74, 6) is 1.46. The van der Waals surface area contributed by atoms with Crippen LogP contribution in [-0.4, -0.2) is 27.8 Å². The molecule has 0 aliphatic heterocycles. The Morgan fingerprint density at radius 2 is 1.97 bits per heavy atom. The van der Waals surface area contributed by atoms with E-state index < -0.39 is 5.25 Å². The van der Waals surface area contributed by atoms with Crippen LogP contribution in [0.1, 0.15) is 29.7 Å². The molecule has 0 radical (unpaired) electrons. The normalized spacial score (nSPS) is 14.2. The van der Waals surface area contributed by atoms with Crippen molar-refractivity contribution < 1.29 is 9.53 Å². The second-order valence-corrected chi connectivity index (χ2v) is 9.53. The molecule has 2 aromatic heterocycles. The number of thioether (sulfide) groups is 1. The van der Waals surface area contributed by atoms with Crippen molar-refractivity contribution in [2.45, 2.75) is 29.3 Å². The lowest BCUT2D eigenvalue weighted by Crippen LogP contribution is -2.19. The number of thiophene rings is 1. The van der Waals surface area contributed by atoms with E-state index in [9.17, 15) is 4.79 Å². The first-order valence-electron chi connectivity index (χ1n) is 10.4. The van der Waals surface area contributed by atoms with E-state index in [1.54, 1.807) is 18.4 Å². The van der Waals surface area contributed by atoms with Gasteiger partial charge in [-0.25, -0.2) is 0 Å². The number of carbonyl (C=O) groups excluding carboxylic acids is 1. The minimum absolute atomic E-state index is 0.113. The molecule has 5 rings (SSSR count). The SMILES string of the molecule is COc1cccc(NC(=O)[C@@H](Sc2nnc(-c3cccs3)n2C2CC2)c2ccccc2)c1. The second kappa shape index (κ2) is 9.18. The molecule has 2 aromatic carbocycles. The van der Waals surface area contributed by atoms with E-state index in [2.05, 4.69) is 26.1 Å². The van der Waals surface area contributed by atoms with Crippen LogP contribution in [-0.2, 0) is 4.79 Å². The molecule has 0 unspecified atom stereocenters. The zero-order valence-corrected chi connectivity index (χ0v) is 19.1. The van der Waals surface area contributed by atoms with Crippen LogP contribution in [0.25, 0.3) is 10.7 Å². The van der Waals surface area contributed by atoms with Gasteiger partial charge in [0.05, 0.1) is 12.0 Å². The van der Waals surface area contributed by atoms with Crippen molar-refractivity contribution in [1.82, 2.24) is 14.8 Å². The monoisotopic (exact) mass is 462 g/mol. The summed E-state index contributed by atoms with van der Waals surface area (Å²) in [7, 11) is 1.61. The smallest absolute Gasteiger partial charge is 0.242 e. The third kappa shape index (κ3) is 4.42. The summed E-state index contributed by atoms with van der Waals surface area (Å²) in [6.45, 7) is 0. The van der Waals surface area contributed by atoms with E-state index in [0.29, 0.717) is 17.5 Å². The molecular weight excluding hydrogens is 440 g/mol. The van der Waals surface area contributed by atoms with Gasteiger partial charge in [0.2, 0.25) is 5.91 Å². The van der Waals surface area contributed by atoms with Gasteiger partial charge in [0.1, 0.15) is 11.0 Å². The van der Waals surface area contributed by atoms with Crippen LogP contribution in [0.15, 0.2) is 77.3 Å². The van der Waals surface area contributed by atoms with Crippen LogP contribution in [0, 0.1) is 0 Å². The Morgan fingerprint density at radius 3 is 2.69 bits per heavy atom. The van der Waals surface area contributed by atoms with Crippen molar-refractivity contribution in [1.29, 1.82) is 0 Å². The van der Waals surface area contributed by atoms with E-state index >= 15 is 0 Å². The van der Waals surface area contributed by atoms with Gasteiger partial charge < -0.3 is 10.1 Å². The van der Waals surface area contributed by atoms with Crippen LogP contribution < -0.4 is 10.1 Å². The Hall–Kier alpha value is -3.10. The summed E-state index contributed by atoms with van der Waals surface area (Å²) in [5.41, 5.74) is 1.61. The lowest BCUT2D eigenvalue weighted by atomic mass is 10.1. The number of rotatable bonds is 8. The predicted molar refractivity (Wildman–Crippen MR) is 128 cm³/mol. The Balaban J connectivity index is 1.47. The zero-order chi connectivity index (χ0) is 21.9. The number of aromatic nitrogens is 3. The number of benzene rings is 2. The summed E-state index contributed by atoms with van der Waals surface area (Å²) in [4.78, 5) is 14.5. The molecule has 8 heteroatoms.